The molecule has 0 spiro atoms. The quantitative estimate of drug-likeness (QED) is 0.605. The van der Waals surface area contributed by atoms with Crippen molar-refractivity contribution in [3.63, 3.8) is 0 Å². The zero-order chi connectivity index (χ0) is 23.7. The number of rotatable bonds is 5. The van der Waals surface area contributed by atoms with Gasteiger partial charge in [0, 0.05) is 36.0 Å². The molecule has 34 heavy (non-hydrogen) atoms. The van der Waals surface area contributed by atoms with E-state index >= 15 is 0 Å². The van der Waals surface area contributed by atoms with Crippen LogP contribution in [0.15, 0.2) is 76.7 Å². The molecule has 1 aromatic heterocycles. The van der Waals surface area contributed by atoms with Gasteiger partial charge in [-0.1, -0.05) is 42.5 Å². The molecule has 0 saturated heterocycles. The van der Waals surface area contributed by atoms with E-state index in [-0.39, 0.29) is 24.0 Å². The van der Waals surface area contributed by atoms with Crippen LogP contribution in [0.25, 0.3) is 11.3 Å². The Hall–Kier alpha value is -4.20. The van der Waals surface area contributed by atoms with Crippen LogP contribution in [0.3, 0.4) is 0 Å². The van der Waals surface area contributed by atoms with Crippen LogP contribution >= 0.6 is 0 Å². The Labute approximate surface area is 196 Å². The summed E-state index contributed by atoms with van der Waals surface area (Å²) in [6.45, 7) is 0. The molecule has 3 aromatic rings. The van der Waals surface area contributed by atoms with E-state index in [1.54, 1.807) is 7.11 Å². The number of ketones is 1. The maximum atomic E-state index is 13.4. The van der Waals surface area contributed by atoms with Gasteiger partial charge in [-0.2, -0.15) is 5.10 Å². The number of ether oxygens (including phenoxy) is 1. The van der Waals surface area contributed by atoms with Gasteiger partial charge in [0.2, 0.25) is 5.91 Å². The molecule has 0 fully saturated rings. The molecule has 2 aromatic carbocycles. The number of carbonyl (C=O) groups excluding carboxylic acids is 2. The van der Waals surface area contributed by atoms with Gasteiger partial charge in [-0.05, 0) is 30.5 Å². The van der Waals surface area contributed by atoms with Gasteiger partial charge >= 0.3 is 0 Å². The van der Waals surface area contributed by atoms with E-state index < -0.39 is 5.56 Å². The highest BCUT2D eigenvalue weighted by molar-refractivity contribution is 6.01. The Morgan fingerprint density at radius 1 is 1.03 bits per heavy atom. The van der Waals surface area contributed by atoms with Gasteiger partial charge in [-0.15, -0.1) is 0 Å². The molecule has 0 saturated carbocycles. The Bertz CT molecular complexity index is 1330. The predicted octanol–water partition coefficient (Wildman–Crippen LogP) is 3.80. The SMILES string of the molecule is COc1ccc(C2CC(=O)N(Nc3cc(=O)[nH]nc3-c3ccccc3)C3=C2C(=O)CCC3)cc1. The van der Waals surface area contributed by atoms with Crippen LogP contribution in [0.1, 0.15) is 37.2 Å². The highest BCUT2D eigenvalue weighted by Crippen LogP contribution is 2.42. The first-order valence-corrected chi connectivity index (χ1v) is 11.2. The predicted molar refractivity (Wildman–Crippen MR) is 127 cm³/mol. The summed E-state index contributed by atoms with van der Waals surface area (Å²) in [5, 5.41) is 8.11. The number of carbonyl (C=O) groups is 2. The second kappa shape index (κ2) is 8.97. The summed E-state index contributed by atoms with van der Waals surface area (Å²) in [4.78, 5) is 38.5. The van der Waals surface area contributed by atoms with Crippen LogP contribution in [-0.4, -0.2) is 34.0 Å². The van der Waals surface area contributed by atoms with Gasteiger partial charge in [0.25, 0.3) is 5.56 Å². The second-order valence-corrected chi connectivity index (χ2v) is 8.37. The highest BCUT2D eigenvalue weighted by Gasteiger charge is 2.39. The van der Waals surface area contributed by atoms with Crippen LogP contribution < -0.4 is 15.7 Å². The smallest absolute Gasteiger partial charge is 0.266 e. The molecule has 172 valence electrons. The first kappa shape index (κ1) is 21.6. The zero-order valence-corrected chi connectivity index (χ0v) is 18.7. The number of allylic oxidation sites excluding steroid dienone is 2. The van der Waals surface area contributed by atoms with Crippen LogP contribution in [0.2, 0.25) is 0 Å². The van der Waals surface area contributed by atoms with Crippen molar-refractivity contribution in [2.75, 3.05) is 12.5 Å². The Morgan fingerprint density at radius 3 is 2.53 bits per heavy atom. The molecule has 8 nitrogen and oxygen atoms in total. The standard InChI is InChI=1S/C26H24N4O4/c1-34-18-12-10-16(11-13-18)19-14-24(33)30(21-8-5-9-22(31)25(19)21)29-20-15-23(32)27-28-26(20)17-6-3-2-4-7-17/h2-4,6-7,10-13,15,19H,5,8-9,14H2,1H3,(H2,27,29,32). The largest absolute Gasteiger partial charge is 0.497 e. The van der Waals surface area contributed by atoms with Gasteiger partial charge < -0.3 is 4.74 Å². The molecule has 1 atom stereocenters. The third kappa shape index (κ3) is 3.98. The van der Waals surface area contributed by atoms with Crippen molar-refractivity contribution >= 4 is 17.4 Å². The monoisotopic (exact) mass is 456 g/mol. The summed E-state index contributed by atoms with van der Waals surface area (Å²) in [6, 6.07) is 18.2. The van der Waals surface area contributed by atoms with Gasteiger partial charge in [0.1, 0.15) is 11.4 Å². The zero-order valence-electron chi connectivity index (χ0n) is 18.7. The summed E-state index contributed by atoms with van der Waals surface area (Å²) < 4.78 is 5.25. The molecule has 8 heteroatoms. The Morgan fingerprint density at radius 2 is 1.79 bits per heavy atom. The second-order valence-electron chi connectivity index (χ2n) is 8.37. The van der Waals surface area contributed by atoms with Crippen molar-refractivity contribution in [2.24, 2.45) is 0 Å². The summed E-state index contributed by atoms with van der Waals surface area (Å²) in [6.07, 6.45) is 1.85. The number of H-pyrrole nitrogens is 1. The fourth-order valence-electron chi connectivity index (χ4n) is 4.67. The summed E-state index contributed by atoms with van der Waals surface area (Å²) in [7, 11) is 1.60. The number of aromatic amines is 1. The average molecular weight is 457 g/mol. The van der Waals surface area contributed by atoms with E-state index in [9.17, 15) is 14.4 Å². The van der Waals surface area contributed by atoms with Crippen molar-refractivity contribution in [2.45, 2.75) is 31.6 Å². The van der Waals surface area contributed by atoms with E-state index in [1.807, 2.05) is 54.6 Å². The van der Waals surface area contributed by atoms with Gasteiger partial charge in [0.05, 0.1) is 18.5 Å². The first-order valence-electron chi connectivity index (χ1n) is 11.2. The molecule has 1 amide bonds. The van der Waals surface area contributed by atoms with Crippen LogP contribution in [0, 0.1) is 0 Å². The first-order chi connectivity index (χ1) is 16.5. The lowest BCUT2D eigenvalue weighted by atomic mass is 9.77. The van der Waals surface area contributed by atoms with E-state index in [4.69, 9.17) is 4.74 Å². The molecule has 0 radical (unpaired) electrons. The van der Waals surface area contributed by atoms with Gasteiger partial charge in [-0.3, -0.25) is 19.8 Å². The lowest BCUT2D eigenvalue weighted by Crippen LogP contribution is -2.43. The van der Waals surface area contributed by atoms with Crippen molar-refractivity contribution in [1.29, 1.82) is 0 Å². The number of methoxy groups -OCH3 is 1. The fourth-order valence-corrected chi connectivity index (χ4v) is 4.67. The van der Waals surface area contributed by atoms with Crippen molar-refractivity contribution in [1.82, 2.24) is 15.2 Å². The van der Waals surface area contributed by atoms with Crippen LogP contribution in [-0.2, 0) is 9.59 Å². The molecule has 1 aliphatic carbocycles. The van der Waals surface area contributed by atoms with E-state index in [1.165, 1.54) is 11.1 Å². The van der Waals surface area contributed by atoms with E-state index in [2.05, 4.69) is 15.6 Å². The minimum absolute atomic E-state index is 0.0497. The number of amides is 1. The maximum absolute atomic E-state index is 13.4. The molecule has 2 N–H and O–H groups in total. The molecular weight excluding hydrogens is 432 g/mol. The third-order valence-electron chi connectivity index (χ3n) is 6.28. The number of nitrogens with one attached hydrogen (secondary N) is 2. The van der Waals surface area contributed by atoms with Crippen LogP contribution in [0.4, 0.5) is 5.69 Å². The molecule has 2 heterocycles. The number of aromatic nitrogens is 2. The number of hydrazine groups is 1. The minimum Gasteiger partial charge on any atom is -0.497 e. The molecule has 0 bridgehead atoms. The molecule has 1 aliphatic heterocycles. The summed E-state index contributed by atoms with van der Waals surface area (Å²) in [5.74, 6) is 0.279. The van der Waals surface area contributed by atoms with E-state index in [0.29, 0.717) is 47.7 Å². The number of benzene rings is 2. The lowest BCUT2D eigenvalue weighted by Gasteiger charge is -2.38. The fraction of sp³-hybridized carbons (Fsp3) is 0.231. The number of Topliss-reactive ketones (excluding diaryl/α,β-unsaturated/α-hetero) is 1. The average Bonchev–Trinajstić information content (AvgIpc) is 2.86. The van der Waals surface area contributed by atoms with Crippen molar-refractivity contribution < 1.29 is 14.3 Å². The lowest BCUT2D eigenvalue weighted by molar-refractivity contribution is -0.130. The number of hydrogen-bond donors (Lipinski definition) is 2. The Kier molecular flexibility index (Phi) is 5.71. The topological polar surface area (TPSA) is 104 Å². The Balaban J connectivity index is 1.56. The van der Waals surface area contributed by atoms with E-state index in [0.717, 1.165) is 11.1 Å². The third-order valence-corrected chi connectivity index (χ3v) is 6.28. The number of nitrogens with zero attached hydrogens (tertiary/aromatic N) is 2. The molecule has 5 rings (SSSR count). The molecule has 2 aliphatic rings. The molecule has 1 unspecified atom stereocenters. The minimum atomic E-state index is -0.392. The normalized spacial score (nSPS) is 18.0. The summed E-state index contributed by atoms with van der Waals surface area (Å²) >= 11 is 0. The summed E-state index contributed by atoms with van der Waals surface area (Å²) in [5.41, 5.74) is 6.64. The van der Waals surface area contributed by atoms with Crippen molar-refractivity contribution in [3.8, 4) is 17.0 Å². The van der Waals surface area contributed by atoms with Crippen molar-refractivity contribution in [3.05, 3.63) is 87.9 Å². The van der Waals surface area contributed by atoms with Crippen LogP contribution in [0.5, 0.6) is 5.75 Å². The molecular formula is C26H24N4O4. The highest BCUT2D eigenvalue weighted by atomic mass is 16.5. The number of anilines is 1. The van der Waals surface area contributed by atoms with Gasteiger partial charge in [0.15, 0.2) is 5.78 Å². The maximum Gasteiger partial charge on any atom is 0.266 e. The van der Waals surface area contributed by atoms with Gasteiger partial charge in [-0.25, -0.2) is 10.1 Å². The number of hydrogen-bond acceptors (Lipinski definition) is 6.